The third-order valence-corrected chi connectivity index (χ3v) is 4.96. The van der Waals surface area contributed by atoms with Crippen LogP contribution in [0.1, 0.15) is 19.5 Å². The molecule has 9 heteroatoms. The molecule has 0 aliphatic carbocycles. The van der Waals surface area contributed by atoms with Crippen LogP contribution in [0.5, 0.6) is 5.75 Å². The molecule has 2 aromatic heterocycles. The molecule has 0 bridgehead atoms. The van der Waals surface area contributed by atoms with Crippen LogP contribution in [0.3, 0.4) is 0 Å². The maximum atomic E-state index is 12.5. The molecule has 0 saturated carbocycles. The van der Waals surface area contributed by atoms with E-state index in [-0.39, 0.29) is 16.8 Å². The van der Waals surface area contributed by atoms with Crippen molar-refractivity contribution in [2.24, 2.45) is 0 Å². The third kappa shape index (κ3) is 5.40. The number of hydrogen-bond donors (Lipinski definition) is 2. The normalized spacial score (nSPS) is 11.2. The molecule has 0 aliphatic rings. The largest absolute Gasteiger partial charge is 0.491 e. The van der Waals surface area contributed by atoms with Gasteiger partial charge < -0.3 is 10.1 Å². The number of pyridine rings is 1. The summed E-state index contributed by atoms with van der Waals surface area (Å²) in [6.07, 6.45) is 1.72. The van der Waals surface area contributed by atoms with Crippen LogP contribution in [0.2, 0.25) is 0 Å². The van der Waals surface area contributed by atoms with E-state index in [2.05, 4.69) is 25.2 Å². The standard InChI is InChI=1S/C19H21N5O3S/c1-14(2)27-16-6-8-17(9-7-16)28(25,26)24-19-11-10-18(22-23-19)21-13-15-5-3-4-12-20-15/h3-12,14H,13H2,1-2H3,(H,21,22)(H,23,24). The van der Waals surface area contributed by atoms with Crippen molar-refractivity contribution in [3.05, 3.63) is 66.5 Å². The number of hydrogen-bond acceptors (Lipinski definition) is 7. The Hall–Kier alpha value is -3.20. The van der Waals surface area contributed by atoms with E-state index < -0.39 is 10.0 Å². The van der Waals surface area contributed by atoms with Gasteiger partial charge in [-0.1, -0.05) is 6.07 Å². The molecule has 146 valence electrons. The number of sulfonamides is 1. The molecule has 0 saturated heterocycles. The molecule has 0 radical (unpaired) electrons. The Labute approximate surface area is 164 Å². The summed E-state index contributed by atoms with van der Waals surface area (Å²) >= 11 is 0. The summed E-state index contributed by atoms with van der Waals surface area (Å²) in [5, 5.41) is 11.0. The van der Waals surface area contributed by atoms with Crippen molar-refractivity contribution in [3.8, 4) is 5.75 Å². The van der Waals surface area contributed by atoms with E-state index in [4.69, 9.17) is 4.74 Å². The molecule has 8 nitrogen and oxygen atoms in total. The van der Waals surface area contributed by atoms with Gasteiger partial charge >= 0.3 is 0 Å². The van der Waals surface area contributed by atoms with Crippen LogP contribution in [0, 0.1) is 0 Å². The molecular formula is C19H21N5O3S. The van der Waals surface area contributed by atoms with Gasteiger partial charge in [0.25, 0.3) is 10.0 Å². The number of nitrogens with one attached hydrogen (secondary N) is 2. The average Bonchev–Trinajstić information content (AvgIpc) is 2.68. The molecule has 0 spiro atoms. The van der Waals surface area contributed by atoms with E-state index in [0.29, 0.717) is 18.1 Å². The highest BCUT2D eigenvalue weighted by Gasteiger charge is 2.15. The van der Waals surface area contributed by atoms with Crippen molar-refractivity contribution < 1.29 is 13.2 Å². The second-order valence-corrected chi connectivity index (χ2v) is 7.90. The number of nitrogens with zero attached hydrogens (tertiary/aromatic N) is 3. The Kier molecular flexibility index (Phi) is 6.05. The lowest BCUT2D eigenvalue weighted by molar-refractivity contribution is 0.242. The van der Waals surface area contributed by atoms with Crippen molar-refractivity contribution >= 4 is 21.7 Å². The lowest BCUT2D eigenvalue weighted by Gasteiger charge is -2.11. The van der Waals surface area contributed by atoms with E-state index in [0.717, 1.165) is 5.69 Å². The number of benzene rings is 1. The van der Waals surface area contributed by atoms with Gasteiger partial charge in [0.2, 0.25) is 0 Å². The molecule has 3 rings (SSSR count). The number of rotatable bonds is 8. The van der Waals surface area contributed by atoms with Gasteiger partial charge in [0.05, 0.1) is 23.2 Å². The highest BCUT2D eigenvalue weighted by molar-refractivity contribution is 7.92. The molecule has 28 heavy (non-hydrogen) atoms. The summed E-state index contributed by atoms with van der Waals surface area (Å²) in [6, 6.07) is 15.0. The first-order valence-electron chi connectivity index (χ1n) is 8.69. The Bertz CT molecular complexity index is 992. The van der Waals surface area contributed by atoms with Crippen molar-refractivity contribution in [2.45, 2.75) is 31.4 Å². The first-order chi connectivity index (χ1) is 13.4. The SMILES string of the molecule is CC(C)Oc1ccc(S(=O)(=O)Nc2ccc(NCc3ccccn3)nn2)cc1. The highest BCUT2D eigenvalue weighted by Crippen LogP contribution is 2.19. The van der Waals surface area contributed by atoms with Crippen molar-refractivity contribution in [1.82, 2.24) is 15.2 Å². The van der Waals surface area contributed by atoms with Gasteiger partial charge in [-0.2, -0.15) is 0 Å². The first kappa shape index (κ1) is 19.6. The predicted octanol–water partition coefficient (Wildman–Crippen LogP) is 3.07. The van der Waals surface area contributed by atoms with Crippen LogP contribution in [-0.2, 0) is 16.6 Å². The van der Waals surface area contributed by atoms with Gasteiger partial charge in [-0.3, -0.25) is 9.71 Å². The molecule has 0 amide bonds. The fraction of sp³-hybridized carbons (Fsp3) is 0.211. The molecule has 2 heterocycles. The van der Waals surface area contributed by atoms with Gasteiger partial charge in [-0.15, -0.1) is 10.2 Å². The number of aromatic nitrogens is 3. The van der Waals surface area contributed by atoms with Crippen LogP contribution < -0.4 is 14.8 Å². The second kappa shape index (κ2) is 8.66. The van der Waals surface area contributed by atoms with E-state index in [1.165, 1.54) is 12.1 Å². The van der Waals surface area contributed by atoms with E-state index >= 15 is 0 Å². The van der Waals surface area contributed by atoms with Gasteiger partial charge in [-0.05, 0) is 62.4 Å². The zero-order valence-electron chi connectivity index (χ0n) is 15.5. The molecule has 0 atom stereocenters. The second-order valence-electron chi connectivity index (χ2n) is 6.22. The zero-order valence-corrected chi connectivity index (χ0v) is 16.3. The van der Waals surface area contributed by atoms with Crippen LogP contribution in [0.25, 0.3) is 0 Å². The molecule has 3 aromatic rings. The number of ether oxygens (including phenoxy) is 1. The fourth-order valence-electron chi connectivity index (χ4n) is 2.33. The zero-order chi connectivity index (χ0) is 20.0. The van der Waals surface area contributed by atoms with Gasteiger partial charge in [0.1, 0.15) is 11.6 Å². The van der Waals surface area contributed by atoms with Crippen LogP contribution in [-0.4, -0.2) is 29.7 Å². The van der Waals surface area contributed by atoms with E-state index in [9.17, 15) is 8.42 Å². The number of anilines is 2. The Balaban J connectivity index is 1.62. The smallest absolute Gasteiger partial charge is 0.263 e. The Morgan fingerprint density at radius 3 is 2.29 bits per heavy atom. The summed E-state index contributed by atoms with van der Waals surface area (Å²) in [6.45, 7) is 4.30. The van der Waals surface area contributed by atoms with Gasteiger partial charge in [0, 0.05) is 6.20 Å². The van der Waals surface area contributed by atoms with Crippen LogP contribution >= 0.6 is 0 Å². The van der Waals surface area contributed by atoms with Crippen LogP contribution in [0.4, 0.5) is 11.6 Å². The lowest BCUT2D eigenvalue weighted by Crippen LogP contribution is -2.15. The van der Waals surface area contributed by atoms with Crippen LogP contribution in [0.15, 0.2) is 65.7 Å². The van der Waals surface area contributed by atoms with E-state index in [1.54, 1.807) is 30.5 Å². The Morgan fingerprint density at radius 2 is 1.68 bits per heavy atom. The summed E-state index contributed by atoms with van der Waals surface area (Å²) in [5.41, 5.74) is 0.860. The molecule has 2 N–H and O–H groups in total. The molecule has 0 fully saturated rings. The molecule has 0 unspecified atom stereocenters. The first-order valence-corrected chi connectivity index (χ1v) is 10.2. The van der Waals surface area contributed by atoms with Crippen molar-refractivity contribution in [2.75, 3.05) is 10.0 Å². The monoisotopic (exact) mass is 399 g/mol. The van der Waals surface area contributed by atoms with Crippen molar-refractivity contribution in [3.63, 3.8) is 0 Å². The summed E-state index contributed by atoms with van der Waals surface area (Å²) < 4.78 is 32.9. The quantitative estimate of drug-likeness (QED) is 0.599. The fourth-order valence-corrected chi connectivity index (χ4v) is 3.33. The van der Waals surface area contributed by atoms with Gasteiger partial charge in [0.15, 0.2) is 5.82 Å². The highest BCUT2D eigenvalue weighted by atomic mass is 32.2. The maximum Gasteiger partial charge on any atom is 0.263 e. The molecule has 0 aliphatic heterocycles. The topological polar surface area (TPSA) is 106 Å². The maximum absolute atomic E-state index is 12.5. The minimum atomic E-state index is -3.77. The minimum Gasteiger partial charge on any atom is -0.491 e. The minimum absolute atomic E-state index is 0.0145. The summed E-state index contributed by atoms with van der Waals surface area (Å²) in [4.78, 5) is 4.32. The van der Waals surface area contributed by atoms with E-state index in [1.807, 2.05) is 32.0 Å². The average molecular weight is 399 g/mol. The predicted molar refractivity (Wildman–Crippen MR) is 107 cm³/mol. The summed E-state index contributed by atoms with van der Waals surface area (Å²) in [7, 11) is -3.77. The third-order valence-electron chi connectivity index (χ3n) is 3.59. The summed E-state index contributed by atoms with van der Waals surface area (Å²) in [5.74, 6) is 1.26. The molecular weight excluding hydrogens is 378 g/mol. The van der Waals surface area contributed by atoms with Gasteiger partial charge in [-0.25, -0.2) is 8.42 Å². The Morgan fingerprint density at radius 1 is 0.964 bits per heavy atom. The lowest BCUT2D eigenvalue weighted by atomic mass is 10.3. The van der Waals surface area contributed by atoms with Crippen molar-refractivity contribution in [1.29, 1.82) is 0 Å². The molecule has 1 aromatic carbocycles.